The first kappa shape index (κ1) is 19.9. The molecular weight excluding hydrogens is 388 g/mol. The molecule has 0 unspecified atom stereocenters. The molecule has 1 saturated heterocycles. The molecule has 4 rings (SSSR count). The third-order valence-electron chi connectivity index (χ3n) is 5.78. The summed E-state index contributed by atoms with van der Waals surface area (Å²) in [5, 5.41) is 0. The van der Waals surface area contributed by atoms with Gasteiger partial charge in [-0.05, 0) is 67.5 Å². The van der Waals surface area contributed by atoms with Gasteiger partial charge in [0.25, 0.3) is 0 Å². The summed E-state index contributed by atoms with van der Waals surface area (Å²) in [5.74, 6) is 0.475. The highest BCUT2D eigenvalue weighted by Gasteiger charge is 2.27. The van der Waals surface area contributed by atoms with Gasteiger partial charge in [0.2, 0.25) is 15.9 Å². The monoisotopic (exact) mass is 414 g/mol. The van der Waals surface area contributed by atoms with Gasteiger partial charge in [-0.25, -0.2) is 13.1 Å². The lowest BCUT2D eigenvalue weighted by molar-refractivity contribution is -0.117. The van der Waals surface area contributed by atoms with Crippen LogP contribution in [0.25, 0.3) is 0 Å². The molecule has 0 saturated carbocycles. The summed E-state index contributed by atoms with van der Waals surface area (Å²) in [6, 6.07) is 10.5. The van der Waals surface area contributed by atoms with E-state index in [1.807, 2.05) is 13.0 Å². The van der Waals surface area contributed by atoms with Gasteiger partial charge in [-0.1, -0.05) is 18.2 Å². The predicted molar refractivity (Wildman–Crippen MR) is 112 cm³/mol. The zero-order valence-electron chi connectivity index (χ0n) is 16.8. The quantitative estimate of drug-likeness (QED) is 0.787. The van der Waals surface area contributed by atoms with Gasteiger partial charge in [0.15, 0.2) is 0 Å². The van der Waals surface area contributed by atoms with Gasteiger partial charge in [-0.15, -0.1) is 0 Å². The van der Waals surface area contributed by atoms with Crippen molar-refractivity contribution in [2.24, 2.45) is 0 Å². The smallest absolute Gasteiger partial charge is 0.241 e. The molecule has 2 aliphatic rings. The second-order valence-electron chi connectivity index (χ2n) is 7.71. The van der Waals surface area contributed by atoms with E-state index < -0.39 is 10.0 Å². The van der Waals surface area contributed by atoms with Crippen LogP contribution in [-0.4, -0.2) is 28.0 Å². The molecule has 6 nitrogen and oxygen atoms in total. The highest BCUT2D eigenvalue weighted by molar-refractivity contribution is 7.89. The van der Waals surface area contributed by atoms with E-state index in [-0.39, 0.29) is 16.8 Å². The molecule has 1 aliphatic carbocycles. The fourth-order valence-corrected chi connectivity index (χ4v) is 5.43. The fraction of sp³-hybridized carbons (Fsp3) is 0.409. The largest absolute Gasteiger partial charge is 0.495 e. The molecule has 1 atom stereocenters. The molecule has 1 N–H and O–H groups in total. The van der Waals surface area contributed by atoms with E-state index in [9.17, 15) is 13.2 Å². The Bertz CT molecular complexity index is 1050. The molecule has 0 radical (unpaired) electrons. The Hall–Kier alpha value is -2.38. The lowest BCUT2D eigenvalue weighted by Crippen LogP contribution is -2.28. The van der Waals surface area contributed by atoms with Crippen molar-refractivity contribution < 1.29 is 17.9 Å². The van der Waals surface area contributed by atoms with Crippen LogP contribution in [0.3, 0.4) is 0 Å². The van der Waals surface area contributed by atoms with Gasteiger partial charge in [-0.3, -0.25) is 4.79 Å². The Morgan fingerprint density at radius 2 is 1.83 bits per heavy atom. The zero-order valence-corrected chi connectivity index (χ0v) is 17.6. The van der Waals surface area contributed by atoms with E-state index >= 15 is 0 Å². The number of nitrogens with one attached hydrogen (secondary N) is 1. The molecular formula is C22H26N2O4S. The van der Waals surface area contributed by atoms with Crippen molar-refractivity contribution >= 4 is 21.6 Å². The number of rotatable bonds is 6. The molecule has 29 heavy (non-hydrogen) atoms. The Labute approximate surface area is 171 Å². The fourth-order valence-electron chi connectivity index (χ4n) is 4.18. The van der Waals surface area contributed by atoms with E-state index in [0.29, 0.717) is 24.4 Å². The van der Waals surface area contributed by atoms with Crippen molar-refractivity contribution in [2.45, 2.75) is 50.0 Å². The minimum atomic E-state index is -3.76. The average molecular weight is 415 g/mol. The minimum absolute atomic E-state index is 0.0164. The summed E-state index contributed by atoms with van der Waals surface area (Å²) in [6.45, 7) is 2.42. The maximum absolute atomic E-state index is 13.0. The Morgan fingerprint density at radius 1 is 1.03 bits per heavy atom. The summed E-state index contributed by atoms with van der Waals surface area (Å²) in [6.07, 6.45) is 4.52. The van der Waals surface area contributed by atoms with Crippen molar-refractivity contribution in [1.29, 1.82) is 0 Å². The number of sulfonamides is 1. The van der Waals surface area contributed by atoms with Crippen molar-refractivity contribution in [1.82, 2.24) is 4.72 Å². The summed E-state index contributed by atoms with van der Waals surface area (Å²) < 4.78 is 34.2. The SMILES string of the molecule is COc1ccc(S(=O)(=O)N[C@H](C)c2ccc3c(c2)CCC3)cc1N1CCCC1=O. The summed E-state index contributed by atoms with van der Waals surface area (Å²) in [4.78, 5) is 13.9. The zero-order chi connectivity index (χ0) is 20.6. The Balaban J connectivity index is 1.60. The Morgan fingerprint density at radius 3 is 2.55 bits per heavy atom. The van der Waals surface area contributed by atoms with Crippen molar-refractivity contribution in [3.8, 4) is 5.75 Å². The first-order chi connectivity index (χ1) is 13.9. The number of hydrogen-bond acceptors (Lipinski definition) is 4. The van der Waals surface area contributed by atoms with Crippen molar-refractivity contribution in [3.05, 3.63) is 53.1 Å². The van der Waals surface area contributed by atoms with Crippen LogP contribution in [0.5, 0.6) is 5.75 Å². The second-order valence-corrected chi connectivity index (χ2v) is 9.42. The average Bonchev–Trinajstić information content (AvgIpc) is 3.35. The van der Waals surface area contributed by atoms with Gasteiger partial charge >= 0.3 is 0 Å². The van der Waals surface area contributed by atoms with Crippen LogP contribution in [-0.2, 0) is 27.7 Å². The summed E-state index contributed by atoms with van der Waals surface area (Å²) in [7, 11) is -2.24. The summed E-state index contributed by atoms with van der Waals surface area (Å²) >= 11 is 0. The molecule has 1 amide bonds. The summed E-state index contributed by atoms with van der Waals surface area (Å²) in [5.41, 5.74) is 4.13. The number of carbonyl (C=O) groups is 1. The number of amides is 1. The van der Waals surface area contributed by atoms with Gasteiger partial charge in [-0.2, -0.15) is 0 Å². The minimum Gasteiger partial charge on any atom is -0.495 e. The number of anilines is 1. The normalized spacial score (nSPS) is 17.4. The van der Waals surface area contributed by atoms with E-state index in [1.54, 1.807) is 11.0 Å². The first-order valence-corrected chi connectivity index (χ1v) is 11.5. The van der Waals surface area contributed by atoms with Gasteiger partial charge < -0.3 is 9.64 Å². The standard InChI is InChI=1S/C22H26N2O4S/c1-15(17-9-8-16-5-3-6-18(16)13-17)23-29(26,27)19-10-11-21(28-2)20(14-19)24-12-4-7-22(24)25/h8-11,13-15,23H,3-7,12H2,1-2H3/t15-/m1/s1. The van der Waals surface area contributed by atoms with Crippen LogP contribution < -0.4 is 14.4 Å². The highest BCUT2D eigenvalue weighted by atomic mass is 32.2. The molecule has 2 aromatic carbocycles. The number of carbonyl (C=O) groups excluding carboxylic acids is 1. The molecule has 1 aliphatic heterocycles. The van der Waals surface area contributed by atoms with Gasteiger partial charge in [0.05, 0.1) is 17.7 Å². The van der Waals surface area contributed by atoms with Crippen LogP contribution in [0.4, 0.5) is 5.69 Å². The van der Waals surface area contributed by atoms with Crippen LogP contribution >= 0.6 is 0 Å². The number of ether oxygens (including phenoxy) is 1. The van der Waals surface area contributed by atoms with Crippen LogP contribution in [0.15, 0.2) is 41.3 Å². The number of aryl methyl sites for hydroxylation is 2. The second kappa shape index (κ2) is 7.80. The number of benzene rings is 2. The van der Waals surface area contributed by atoms with Gasteiger partial charge in [0, 0.05) is 19.0 Å². The number of hydrogen-bond donors (Lipinski definition) is 1. The highest BCUT2D eigenvalue weighted by Crippen LogP contribution is 2.34. The predicted octanol–water partition coefficient (Wildman–Crippen LogP) is 3.35. The third-order valence-corrected chi connectivity index (χ3v) is 7.32. The van der Waals surface area contributed by atoms with E-state index in [2.05, 4.69) is 16.9 Å². The molecule has 0 spiro atoms. The number of fused-ring (bicyclic) bond motifs is 1. The lowest BCUT2D eigenvalue weighted by atomic mass is 10.0. The molecule has 7 heteroatoms. The van der Waals surface area contributed by atoms with Crippen LogP contribution in [0, 0.1) is 0 Å². The molecule has 1 fully saturated rings. The van der Waals surface area contributed by atoms with Crippen LogP contribution in [0.1, 0.15) is 48.9 Å². The van der Waals surface area contributed by atoms with Crippen LogP contribution in [0.2, 0.25) is 0 Å². The third kappa shape index (κ3) is 3.89. The van der Waals surface area contributed by atoms with E-state index in [0.717, 1.165) is 31.2 Å². The first-order valence-electron chi connectivity index (χ1n) is 10.0. The van der Waals surface area contributed by atoms with Crippen molar-refractivity contribution in [2.75, 3.05) is 18.6 Å². The molecule has 154 valence electrons. The molecule has 0 bridgehead atoms. The number of nitrogens with zero attached hydrogens (tertiary/aromatic N) is 1. The number of methoxy groups -OCH3 is 1. The maximum Gasteiger partial charge on any atom is 0.241 e. The van der Waals surface area contributed by atoms with Crippen molar-refractivity contribution in [3.63, 3.8) is 0 Å². The lowest BCUT2D eigenvalue weighted by Gasteiger charge is -2.21. The van der Waals surface area contributed by atoms with Gasteiger partial charge in [0.1, 0.15) is 5.75 Å². The maximum atomic E-state index is 13.0. The Kier molecular flexibility index (Phi) is 5.36. The molecule has 0 aromatic heterocycles. The topological polar surface area (TPSA) is 75.7 Å². The van der Waals surface area contributed by atoms with E-state index in [4.69, 9.17) is 4.74 Å². The molecule has 2 aromatic rings. The molecule has 1 heterocycles. The van der Waals surface area contributed by atoms with E-state index in [1.165, 1.54) is 30.4 Å².